The Kier molecular flexibility index (Phi) is 4.69. The van der Waals surface area contributed by atoms with Crippen molar-refractivity contribution in [1.82, 2.24) is 0 Å². The van der Waals surface area contributed by atoms with E-state index in [9.17, 15) is 9.36 Å². The Morgan fingerprint density at radius 2 is 2.08 bits per heavy atom. The molecule has 0 aromatic heterocycles. The normalized spacial score (nSPS) is 12.7. The van der Waals surface area contributed by atoms with E-state index in [0.717, 1.165) is 6.26 Å². The lowest BCUT2D eigenvalue weighted by Crippen LogP contribution is -2.00. The Morgan fingerprint density at radius 1 is 1.54 bits per heavy atom. The summed E-state index contributed by atoms with van der Waals surface area (Å²) < 4.78 is 14.9. The van der Waals surface area contributed by atoms with Crippen LogP contribution in [0.2, 0.25) is 0 Å². The fourth-order valence-electron chi connectivity index (χ4n) is 0.406. The van der Waals surface area contributed by atoms with E-state index in [1.807, 2.05) is 0 Å². The highest BCUT2D eigenvalue weighted by molar-refractivity contribution is 7.51. The van der Waals surface area contributed by atoms with E-state index in [2.05, 4.69) is 4.74 Å². The first kappa shape index (κ1) is 12.2. The Hall–Kier alpha value is -0.840. The molecule has 0 radical (unpaired) electrons. The summed E-state index contributed by atoms with van der Waals surface area (Å²) in [7, 11) is -4.05. The van der Waals surface area contributed by atoms with Crippen LogP contribution in [0, 0.1) is 0 Å². The van der Waals surface area contributed by atoms with Crippen molar-refractivity contribution in [2.24, 2.45) is 0 Å². The third-order valence-electron chi connectivity index (χ3n) is 1.10. The molecule has 0 spiro atoms. The molecule has 0 aromatic rings. The maximum absolute atomic E-state index is 10.3. The molecule has 0 aliphatic heterocycles. The van der Waals surface area contributed by atoms with Crippen molar-refractivity contribution in [3.63, 3.8) is 0 Å². The van der Waals surface area contributed by atoms with Gasteiger partial charge in [-0.25, -0.2) is 4.79 Å². The van der Waals surface area contributed by atoms with Crippen LogP contribution >= 0.6 is 7.60 Å². The van der Waals surface area contributed by atoms with Crippen molar-refractivity contribution in [2.75, 3.05) is 12.8 Å². The minimum atomic E-state index is -4.05. The Morgan fingerprint density at radius 3 is 2.46 bits per heavy atom. The van der Waals surface area contributed by atoms with Crippen LogP contribution in [0.5, 0.6) is 0 Å². The first-order chi connectivity index (χ1) is 5.83. The number of aliphatic carboxylic acids is 1. The van der Waals surface area contributed by atoms with Crippen molar-refractivity contribution in [1.29, 1.82) is 0 Å². The summed E-state index contributed by atoms with van der Waals surface area (Å²) in [4.78, 5) is 27.0. The van der Waals surface area contributed by atoms with Gasteiger partial charge in [0.1, 0.15) is 0 Å². The van der Waals surface area contributed by atoms with Gasteiger partial charge in [0.2, 0.25) is 0 Å². The number of carbonyl (C=O) groups is 1. The first-order valence-corrected chi connectivity index (χ1v) is 5.19. The summed E-state index contributed by atoms with van der Waals surface area (Å²) in [5.41, 5.74) is -0.0225. The molecule has 0 fully saturated rings. The second kappa shape index (κ2) is 5.01. The van der Waals surface area contributed by atoms with Crippen molar-refractivity contribution >= 4 is 13.6 Å². The highest BCUT2D eigenvalue weighted by Gasteiger charge is 2.11. The van der Waals surface area contributed by atoms with Crippen LogP contribution in [-0.2, 0) is 14.1 Å². The van der Waals surface area contributed by atoms with Gasteiger partial charge in [-0.05, 0) is 6.92 Å². The molecule has 0 aliphatic rings. The molecule has 6 nitrogen and oxygen atoms in total. The average Bonchev–Trinajstić information content (AvgIpc) is 1.95. The molecule has 3 N–H and O–H groups in total. The molecular weight excluding hydrogens is 199 g/mol. The maximum Gasteiger partial charge on any atom is 0.334 e. The van der Waals surface area contributed by atoms with E-state index in [0.29, 0.717) is 0 Å². The monoisotopic (exact) mass is 210 g/mol. The van der Waals surface area contributed by atoms with Crippen LogP contribution in [0.15, 0.2) is 11.8 Å². The molecule has 7 heteroatoms. The molecule has 13 heavy (non-hydrogen) atoms. The number of hydrogen-bond donors (Lipinski definition) is 3. The minimum absolute atomic E-state index is 0.0225. The van der Waals surface area contributed by atoms with Gasteiger partial charge in [0, 0.05) is 0 Å². The van der Waals surface area contributed by atoms with Crippen molar-refractivity contribution in [3.05, 3.63) is 11.8 Å². The van der Waals surface area contributed by atoms with Gasteiger partial charge in [-0.3, -0.25) is 4.57 Å². The minimum Gasteiger partial charge on any atom is -0.500 e. The molecular formula is C6H11O6P. The lowest BCUT2D eigenvalue weighted by molar-refractivity contribution is -0.132. The average molecular weight is 210 g/mol. The van der Waals surface area contributed by atoms with E-state index < -0.39 is 19.7 Å². The lowest BCUT2D eigenvalue weighted by Gasteiger charge is -2.03. The number of carboxylic acids is 1. The Bertz CT molecular complexity index is 252. The van der Waals surface area contributed by atoms with Crippen LogP contribution in [0.3, 0.4) is 0 Å². The molecule has 0 rings (SSSR count). The topological polar surface area (TPSA) is 104 Å². The van der Waals surface area contributed by atoms with E-state index in [1.165, 1.54) is 6.92 Å². The number of ether oxygens (including phenoxy) is 1. The molecule has 0 saturated carbocycles. The quantitative estimate of drug-likeness (QED) is 0.258. The van der Waals surface area contributed by atoms with Crippen LogP contribution < -0.4 is 0 Å². The molecule has 0 heterocycles. The first-order valence-electron chi connectivity index (χ1n) is 3.39. The molecule has 0 saturated heterocycles. The van der Waals surface area contributed by atoms with Crippen LogP contribution in [0.25, 0.3) is 0 Å². The molecule has 0 aromatic carbocycles. The zero-order valence-electron chi connectivity index (χ0n) is 7.01. The maximum atomic E-state index is 10.3. The third-order valence-corrected chi connectivity index (χ3v) is 1.86. The Labute approximate surface area is 75.0 Å². The summed E-state index contributed by atoms with van der Waals surface area (Å²) in [5, 5.41) is 8.34. The van der Waals surface area contributed by atoms with Crippen molar-refractivity contribution in [3.8, 4) is 0 Å². The van der Waals surface area contributed by atoms with E-state index in [-0.39, 0.29) is 12.2 Å². The predicted molar refractivity (Wildman–Crippen MR) is 44.3 cm³/mol. The van der Waals surface area contributed by atoms with Gasteiger partial charge in [0.25, 0.3) is 0 Å². The second-order valence-electron chi connectivity index (χ2n) is 2.37. The fourth-order valence-corrected chi connectivity index (χ4v) is 0.749. The fraction of sp³-hybridized carbons (Fsp3) is 0.500. The molecule has 0 aliphatic carbocycles. The largest absolute Gasteiger partial charge is 0.500 e. The highest BCUT2D eigenvalue weighted by Crippen LogP contribution is 2.33. The predicted octanol–water partition coefficient (Wildman–Crippen LogP) is 0.169. The standard InChI is InChI=1S/C6H11O6P/c1-5(6(7)8)4-12-2-3-13(9,10)11/h4H,2-3H2,1H3,(H,7,8)(H2,9,10,11). The summed E-state index contributed by atoms with van der Waals surface area (Å²) in [5.74, 6) is -1.13. The molecule has 0 amide bonds. The summed E-state index contributed by atoms with van der Waals surface area (Å²) in [6.07, 6.45) is 0.536. The van der Waals surface area contributed by atoms with Gasteiger partial charge in [0.15, 0.2) is 0 Å². The number of hydrogen-bond acceptors (Lipinski definition) is 3. The van der Waals surface area contributed by atoms with Gasteiger partial charge in [-0.2, -0.15) is 0 Å². The zero-order chi connectivity index (χ0) is 10.5. The summed E-state index contributed by atoms with van der Waals surface area (Å²) in [6, 6.07) is 0. The third kappa shape index (κ3) is 7.52. The van der Waals surface area contributed by atoms with E-state index in [4.69, 9.17) is 14.9 Å². The Balaban J connectivity index is 3.75. The highest BCUT2D eigenvalue weighted by atomic mass is 31.2. The van der Waals surface area contributed by atoms with Gasteiger partial charge < -0.3 is 19.6 Å². The molecule has 76 valence electrons. The van der Waals surface area contributed by atoms with Gasteiger partial charge >= 0.3 is 13.6 Å². The number of rotatable bonds is 5. The van der Waals surface area contributed by atoms with Crippen LogP contribution in [0.1, 0.15) is 6.92 Å². The number of carboxylic acid groups (broad SMARTS) is 1. The van der Waals surface area contributed by atoms with Crippen molar-refractivity contribution < 1.29 is 29.0 Å². The molecule has 0 unspecified atom stereocenters. The van der Waals surface area contributed by atoms with E-state index >= 15 is 0 Å². The van der Waals surface area contributed by atoms with Gasteiger partial charge in [0.05, 0.1) is 24.6 Å². The van der Waals surface area contributed by atoms with Crippen LogP contribution in [0.4, 0.5) is 0 Å². The zero-order valence-corrected chi connectivity index (χ0v) is 7.90. The summed E-state index contributed by atoms with van der Waals surface area (Å²) in [6.45, 7) is 1.12. The molecule has 0 atom stereocenters. The summed E-state index contributed by atoms with van der Waals surface area (Å²) >= 11 is 0. The van der Waals surface area contributed by atoms with Gasteiger partial charge in [-0.15, -0.1) is 0 Å². The van der Waals surface area contributed by atoms with Gasteiger partial charge in [-0.1, -0.05) is 0 Å². The second-order valence-corrected chi connectivity index (χ2v) is 4.14. The van der Waals surface area contributed by atoms with Crippen LogP contribution in [-0.4, -0.2) is 33.6 Å². The van der Waals surface area contributed by atoms with Crippen molar-refractivity contribution in [2.45, 2.75) is 6.92 Å². The lowest BCUT2D eigenvalue weighted by atomic mass is 10.3. The smallest absolute Gasteiger partial charge is 0.334 e. The SMILES string of the molecule is CC(=COCCP(=O)(O)O)C(=O)O. The molecule has 0 bridgehead atoms. The van der Waals surface area contributed by atoms with E-state index in [1.54, 1.807) is 0 Å².